The van der Waals surface area contributed by atoms with Crippen molar-refractivity contribution >= 4 is 18.3 Å². The molecule has 33 heavy (non-hydrogen) atoms. The molecular formula is C11H10F17NO2SSi. The highest BCUT2D eigenvalue weighted by Crippen LogP contribution is 2.64. The molecule has 0 atom stereocenters. The van der Waals surface area contributed by atoms with Gasteiger partial charge in [-0.05, 0) is 0 Å². The van der Waals surface area contributed by atoms with Crippen molar-refractivity contribution in [2.45, 2.75) is 66.6 Å². The van der Waals surface area contributed by atoms with Crippen LogP contribution >= 0.6 is 0 Å². The third-order valence-corrected chi connectivity index (χ3v) is 7.93. The number of sulfonamides is 1. The van der Waals surface area contributed by atoms with Gasteiger partial charge in [-0.15, -0.1) is 0 Å². The quantitative estimate of drug-likeness (QED) is 0.285. The summed E-state index contributed by atoms with van der Waals surface area (Å²) in [5, 5.41) is -7.51. The molecular weight excluding hydrogens is 561 g/mol. The number of alkyl halides is 17. The van der Waals surface area contributed by atoms with Crippen LogP contribution in [0, 0.1) is 0 Å². The Hall–Kier alpha value is -1.06. The van der Waals surface area contributed by atoms with Crippen LogP contribution in [0.4, 0.5) is 74.6 Å². The fourth-order valence-electron chi connectivity index (χ4n) is 1.79. The van der Waals surface area contributed by atoms with Crippen molar-refractivity contribution in [1.82, 2.24) is 4.39 Å². The van der Waals surface area contributed by atoms with Crippen LogP contribution < -0.4 is 4.39 Å². The Kier molecular flexibility index (Phi) is 7.47. The van der Waals surface area contributed by atoms with E-state index < -0.39 is 65.2 Å². The fourth-order valence-corrected chi connectivity index (χ4v) is 5.99. The van der Waals surface area contributed by atoms with E-state index in [1.807, 2.05) is 0 Å². The second-order valence-corrected chi connectivity index (χ2v) is 14.2. The first kappa shape index (κ1) is 31.9. The van der Waals surface area contributed by atoms with Crippen molar-refractivity contribution in [3.63, 3.8) is 0 Å². The van der Waals surface area contributed by atoms with Gasteiger partial charge in [-0.3, -0.25) is 0 Å². The monoisotopic (exact) mass is 571 g/mol. The van der Waals surface area contributed by atoms with Crippen LogP contribution in [0.5, 0.6) is 0 Å². The number of hydrogen-bond donors (Lipinski definition) is 1. The lowest BCUT2D eigenvalue weighted by molar-refractivity contribution is -0.458. The summed E-state index contributed by atoms with van der Waals surface area (Å²) >= 11 is 0. The molecule has 22 heteroatoms. The van der Waals surface area contributed by atoms with E-state index in [0.29, 0.717) is 4.39 Å². The zero-order chi connectivity index (χ0) is 27.7. The highest BCUT2D eigenvalue weighted by molar-refractivity contribution is 7.92. The zero-order valence-corrected chi connectivity index (χ0v) is 17.5. The van der Waals surface area contributed by atoms with Crippen molar-refractivity contribution in [2.24, 2.45) is 0 Å². The molecule has 0 unspecified atom stereocenters. The van der Waals surface area contributed by atoms with Gasteiger partial charge >= 0.3 is 47.0 Å². The average molecular weight is 571 g/mol. The van der Waals surface area contributed by atoms with Gasteiger partial charge in [0.15, 0.2) is 0 Å². The van der Waals surface area contributed by atoms with Crippen molar-refractivity contribution < 1.29 is 83.1 Å². The maximum absolute atomic E-state index is 13.7. The zero-order valence-electron chi connectivity index (χ0n) is 15.7. The standard InChI is InChI=1S/C11H10F17NO2SSi/c1-33(2,3)29-32(30,31)11(27,28)9(22,23)7(18,19)5(14,15)4(12,13)6(16,17)8(20,21)10(24,25)26/h29H,1-3H3. The number of nitrogens with one attached hydrogen (secondary N) is 1. The molecule has 0 rings (SSSR count). The first-order valence-electron chi connectivity index (χ1n) is 7.45. The molecule has 0 aromatic heterocycles. The van der Waals surface area contributed by atoms with Crippen LogP contribution in [0.25, 0.3) is 0 Å². The lowest BCUT2D eigenvalue weighted by atomic mass is 9.91. The Balaban J connectivity index is 6.96. The maximum Gasteiger partial charge on any atom is 0.460 e. The highest BCUT2D eigenvalue weighted by Gasteiger charge is 2.96. The molecule has 0 bridgehead atoms. The van der Waals surface area contributed by atoms with Gasteiger partial charge in [-0.25, -0.2) is 12.8 Å². The van der Waals surface area contributed by atoms with E-state index in [4.69, 9.17) is 0 Å². The van der Waals surface area contributed by atoms with E-state index in [1.54, 1.807) is 0 Å². The average Bonchev–Trinajstić information content (AvgIpc) is 2.49. The minimum atomic E-state index is -8.82. The maximum atomic E-state index is 13.7. The summed E-state index contributed by atoms with van der Waals surface area (Å²) in [6, 6.07) is 0. The first-order chi connectivity index (χ1) is 13.7. The second kappa shape index (κ2) is 7.72. The molecule has 0 fully saturated rings. The minimum Gasteiger partial charge on any atom is -0.232 e. The summed E-state index contributed by atoms with van der Waals surface area (Å²) in [5.41, 5.74) is 0. The minimum absolute atomic E-state index is 0.677. The van der Waals surface area contributed by atoms with Gasteiger partial charge in [0.2, 0.25) is 0 Å². The largest absolute Gasteiger partial charge is 0.460 e. The number of halogens is 17. The summed E-state index contributed by atoms with van der Waals surface area (Å²) in [6.07, 6.45) is -7.86. The smallest absolute Gasteiger partial charge is 0.232 e. The van der Waals surface area contributed by atoms with Crippen molar-refractivity contribution in [3.05, 3.63) is 0 Å². The number of hydrogen-bond acceptors (Lipinski definition) is 2. The van der Waals surface area contributed by atoms with E-state index in [9.17, 15) is 83.1 Å². The van der Waals surface area contributed by atoms with Gasteiger partial charge in [-0.1, -0.05) is 19.6 Å². The highest BCUT2D eigenvalue weighted by atomic mass is 32.2. The Labute approximate surface area is 173 Å². The summed E-state index contributed by atoms with van der Waals surface area (Å²) in [5.74, 6) is -51.5. The van der Waals surface area contributed by atoms with Gasteiger partial charge < -0.3 is 0 Å². The van der Waals surface area contributed by atoms with E-state index >= 15 is 0 Å². The topological polar surface area (TPSA) is 46.2 Å². The normalized spacial score (nSPS) is 16.8. The third kappa shape index (κ3) is 4.38. The van der Waals surface area contributed by atoms with Crippen molar-refractivity contribution in [3.8, 4) is 0 Å². The molecule has 3 nitrogen and oxygen atoms in total. The SMILES string of the molecule is C[Si](C)(C)NS(=O)(=O)C(F)(F)C(F)(F)C(F)(F)C(F)(F)C(F)(F)C(F)(F)C(F)(F)C(F)(F)F. The van der Waals surface area contributed by atoms with Crippen LogP contribution in [-0.4, -0.2) is 63.6 Å². The Morgan fingerprint density at radius 3 is 0.970 bits per heavy atom. The molecule has 0 spiro atoms. The third-order valence-electron chi connectivity index (χ3n) is 3.47. The fraction of sp³-hybridized carbons (Fsp3) is 1.00. The molecule has 0 aromatic carbocycles. The van der Waals surface area contributed by atoms with Gasteiger partial charge in [-0.2, -0.15) is 74.6 Å². The summed E-state index contributed by atoms with van der Waals surface area (Å²) in [7, 11) is -11.0. The summed E-state index contributed by atoms with van der Waals surface area (Å²) in [6.45, 7) is 2.17. The predicted molar refractivity (Wildman–Crippen MR) is 76.1 cm³/mol. The van der Waals surface area contributed by atoms with Gasteiger partial charge in [0, 0.05) is 0 Å². The molecule has 0 aliphatic rings. The molecule has 0 saturated carbocycles. The van der Waals surface area contributed by atoms with Crippen LogP contribution in [0.3, 0.4) is 0 Å². The van der Waals surface area contributed by atoms with Crippen LogP contribution in [0.1, 0.15) is 0 Å². The summed E-state index contributed by atoms with van der Waals surface area (Å²) < 4.78 is 246. The molecule has 0 aliphatic heterocycles. The van der Waals surface area contributed by atoms with Gasteiger partial charge in [0.25, 0.3) is 10.0 Å². The van der Waals surface area contributed by atoms with Gasteiger partial charge in [0.1, 0.15) is 8.24 Å². The van der Waals surface area contributed by atoms with Crippen molar-refractivity contribution in [1.29, 1.82) is 0 Å². The van der Waals surface area contributed by atoms with Crippen LogP contribution in [0.15, 0.2) is 0 Å². The predicted octanol–water partition coefficient (Wildman–Crippen LogP) is 5.71. The van der Waals surface area contributed by atoms with Crippen LogP contribution in [0.2, 0.25) is 19.6 Å². The molecule has 200 valence electrons. The van der Waals surface area contributed by atoms with E-state index in [-0.39, 0.29) is 0 Å². The molecule has 0 amide bonds. The Bertz CT molecular complexity index is 842. The van der Waals surface area contributed by atoms with E-state index in [0.717, 1.165) is 19.6 Å². The molecule has 0 radical (unpaired) electrons. The molecule has 1 N–H and O–H groups in total. The van der Waals surface area contributed by atoms with Crippen LogP contribution in [-0.2, 0) is 10.0 Å². The lowest BCUT2D eigenvalue weighted by Gasteiger charge is -2.42. The summed E-state index contributed by atoms with van der Waals surface area (Å²) in [4.78, 5) is 0. The van der Waals surface area contributed by atoms with E-state index in [2.05, 4.69) is 0 Å². The molecule has 0 saturated heterocycles. The second-order valence-electron chi connectivity index (χ2n) is 7.32. The Morgan fingerprint density at radius 2 is 0.727 bits per heavy atom. The Morgan fingerprint density at radius 1 is 0.485 bits per heavy atom. The van der Waals surface area contributed by atoms with Gasteiger partial charge in [0.05, 0.1) is 0 Å². The van der Waals surface area contributed by atoms with Crippen molar-refractivity contribution in [2.75, 3.05) is 0 Å². The lowest BCUT2D eigenvalue weighted by Crippen LogP contribution is -2.75. The van der Waals surface area contributed by atoms with E-state index in [1.165, 1.54) is 0 Å². The number of rotatable bonds is 9. The molecule has 0 aromatic rings. The molecule has 0 aliphatic carbocycles. The first-order valence-corrected chi connectivity index (χ1v) is 12.4. The molecule has 0 heterocycles.